The molecule has 42 heavy (non-hydrogen) atoms. The minimum atomic E-state index is -1.62. The molecule has 5 rings (SSSR count). The zero-order valence-corrected chi connectivity index (χ0v) is 23.0. The van der Waals surface area contributed by atoms with Crippen LogP contribution >= 0.6 is 0 Å². The summed E-state index contributed by atoms with van der Waals surface area (Å²) in [6.45, 7) is 4.11. The summed E-state index contributed by atoms with van der Waals surface area (Å²) in [7, 11) is 0. The van der Waals surface area contributed by atoms with Crippen molar-refractivity contribution in [2.24, 2.45) is 0 Å². The second kappa shape index (κ2) is 12.3. The van der Waals surface area contributed by atoms with Gasteiger partial charge in [0.05, 0.1) is 0 Å². The van der Waals surface area contributed by atoms with E-state index in [1.807, 2.05) is 0 Å². The maximum Gasteiger partial charge on any atom is 0.189 e. The standard InChI is InChI=1S/C32H28F6N4/c1-3-5-7-17-9-13-19(14-10-17)39-27-21(33)23(35)29-31(25(27)37)41-30-24(36)22(34)28(26(38)32(30)42-29)40-20-15-11-18(12-16-20)8-6-4-2/h9-16,39-40H,3-8H2,1-2H3. The van der Waals surface area contributed by atoms with Crippen molar-refractivity contribution in [1.82, 2.24) is 9.97 Å². The van der Waals surface area contributed by atoms with Gasteiger partial charge in [0.25, 0.3) is 0 Å². The van der Waals surface area contributed by atoms with E-state index in [1.54, 1.807) is 48.5 Å². The summed E-state index contributed by atoms with van der Waals surface area (Å²) < 4.78 is 91.4. The van der Waals surface area contributed by atoms with Gasteiger partial charge in [-0.2, -0.15) is 0 Å². The molecule has 10 heteroatoms. The zero-order valence-electron chi connectivity index (χ0n) is 23.0. The van der Waals surface area contributed by atoms with Gasteiger partial charge in [-0.3, -0.25) is 0 Å². The lowest BCUT2D eigenvalue weighted by Gasteiger charge is -2.15. The molecule has 0 saturated heterocycles. The Morgan fingerprint density at radius 3 is 1.14 bits per heavy atom. The average Bonchev–Trinajstić information content (AvgIpc) is 3.01. The summed E-state index contributed by atoms with van der Waals surface area (Å²) >= 11 is 0. The minimum Gasteiger partial charge on any atom is -0.351 e. The average molecular weight is 583 g/mol. The molecule has 1 heterocycles. The Labute approximate surface area is 238 Å². The lowest BCUT2D eigenvalue weighted by molar-refractivity contribution is 0.504. The highest BCUT2D eigenvalue weighted by Gasteiger charge is 2.28. The van der Waals surface area contributed by atoms with Crippen molar-refractivity contribution in [1.29, 1.82) is 0 Å². The Bertz CT molecular complexity index is 1620. The first-order chi connectivity index (χ1) is 20.2. The Kier molecular flexibility index (Phi) is 8.51. The molecule has 4 nitrogen and oxygen atoms in total. The molecule has 0 aliphatic rings. The highest BCUT2D eigenvalue weighted by Crippen LogP contribution is 2.36. The van der Waals surface area contributed by atoms with Crippen LogP contribution in [-0.4, -0.2) is 9.97 Å². The van der Waals surface area contributed by atoms with Gasteiger partial charge in [-0.25, -0.2) is 36.3 Å². The van der Waals surface area contributed by atoms with E-state index in [-0.39, 0.29) is 11.4 Å². The Hall–Kier alpha value is -4.34. The van der Waals surface area contributed by atoms with Crippen molar-refractivity contribution < 1.29 is 26.3 Å². The molecule has 0 aliphatic heterocycles. The van der Waals surface area contributed by atoms with E-state index in [1.165, 1.54) is 0 Å². The van der Waals surface area contributed by atoms with E-state index >= 15 is 26.3 Å². The number of rotatable bonds is 10. The maximum atomic E-state index is 15.5. The summed E-state index contributed by atoms with van der Waals surface area (Å²) in [6, 6.07) is 13.4. The van der Waals surface area contributed by atoms with Gasteiger partial charge in [0.2, 0.25) is 0 Å². The number of unbranched alkanes of at least 4 members (excludes halogenated alkanes) is 2. The number of anilines is 4. The van der Waals surface area contributed by atoms with Gasteiger partial charge in [0.1, 0.15) is 33.4 Å². The van der Waals surface area contributed by atoms with E-state index < -0.39 is 68.3 Å². The van der Waals surface area contributed by atoms with E-state index in [9.17, 15) is 0 Å². The van der Waals surface area contributed by atoms with Gasteiger partial charge in [0, 0.05) is 11.4 Å². The third-order valence-electron chi connectivity index (χ3n) is 7.08. The Morgan fingerprint density at radius 1 is 0.476 bits per heavy atom. The van der Waals surface area contributed by atoms with E-state index in [2.05, 4.69) is 34.4 Å². The molecule has 0 spiro atoms. The molecule has 1 aromatic heterocycles. The van der Waals surface area contributed by atoms with Crippen molar-refractivity contribution in [3.05, 3.63) is 94.6 Å². The first kappa shape index (κ1) is 29.2. The smallest absolute Gasteiger partial charge is 0.189 e. The summed E-state index contributed by atoms with van der Waals surface area (Å²) in [5.41, 5.74) is -2.92. The number of hydrogen-bond donors (Lipinski definition) is 2. The van der Waals surface area contributed by atoms with Crippen LogP contribution in [0.3, 0.4) is 0 Å². The van der Waals surface area contributed by atoms with Gasteiger partial charge in [0.15, 0.2) is 34.9 Å². The molecule has 0 fully saturated rings. The molecule has 0 radical (unpaired) electrons. The number of halogens is 6. The first-order valence-electron chi connectivity index (χ1n) is 13.8. The summed E-state index contributed by atoms with van der Waals surface area (Å²) in [5, 5.41) is 4.97. The zero-order chi connectivity index (χ0) is 30.0. The molecule has 0 bridgehead atoms. The molecule has 5 aromatic rings. The highest BCUT2D eigenvalue weighted by atomic mass is 19.2. The summed E-state index contributed by atoms with van der Waals surface area (Å²) in [6.07, 6.45) is 5.60. The predicted molar refractivity (Wildman–Crippen MR) is 153 cm³/mol. The largest absolute Gasteiger partial charge is 0.351 e. The number of benzene rings is 4. The highest BCUT2D eigenvalue weighted by molar-refractivity contribution is 5.92. The molecule has 0 atom stereocenters. The quantitative estimate of drug-likeness (QED) is 0.0978. The second-order valence-electron chi connectivity index (χ2n) is 10.1. The molecule has 0 aliphatic carbocycles. The van der Waals surface area contributed by atoms with Crippen LogP contribution in [0.25, 0.3) is 22.1 Å². The van der Waals surface area contributed by atoms with Gasteiger partial charge in [-0.1, -0.05) is 51.0 Å². The third kappa shape index (κ3) is 5.57. The molecule has 0 unspecified atom stereocenters. The van der Waals surface area contributed by atoms with E-state index in [0.29, 0.717) is 0 Å². The Morgan fingerprint density at radius 2 is 0.810 bits per heavy atom. The topological polar surface area (TPSA) is 49.8 Å². The van der Waals surface area contributed by atoms with Crippen molar-refractivity contribution >= 4 is 44.8 Å². The van der Waals surface area contributed by atoms with Crippen LogP contribution in [0.1, 0.15) is 50.7 Å². The fraction of sp³-hybridized carbons (Fsp3) is 0.250. The van der Waals surface area contributed by atoms with Gasteiger partial charge < -0.3 is 10.6 Å². The number of nitrogens with zero attached hydrogens (tertiary/aromatic N) is 2. The fourth-order valence-electron chi connectivity index (χ4n) is 4.68. The minimum absolute atomic E-state index is 0.262. The lowest BCUT2D eigenvalue weighted by Crippen LogP contribution is -2.08. The van der Waals surface area contributed by atoms with Gasteiger partial charge in [-0.15, -0.1) is 0 Å². The van der Waals surface area contributed by atoms with Gasteiger partial charge >= 0.3 is 0 Å². The van der Waals surface area contributed by atoms with Crippen LogP contribution in [0.2, 0.25) is 0 Å². The molecule has 4 aromatic carbocycles. The van der Waals surface area contributed by atoms with Crippen LogP contribution in [-0.2, 0) is 12.8 Å². The number of aromatic nitrogens is 2. The van der Waals surface area contributed by atoms with E-state index in [4.69, 9.17) is 0 Å². The lowest BCUT2D eigenvalue weighted by atomic mass is 10.1. The second-order valence-corrected chi connectivity index (χ2v) is 10.1. The normalized spacial score (nSPS) is 11.4. The van der Waals surface area contributed by atoms with Crippen LogP contribution < -0.4 is 10.6 Å². The van der Waals surface area contributed by atoms with Crippen LogP contribution in [0.15, 0.2) is 48.5 Å². The van der Waals surface area contributed by atoms with E-state index in [0.717, 1.165) is 49.7 Å². The molecule has 0 saturated carbocycles. The fourth-order valence-corrected chi connectivity index (χ4v) is 4.68. The third-order valence-corrected chi connectivity index (χ3v) is 7.08. The number of nitrogens with one attached hydrogen (secondary N) is 2. The van der Waals surface area contributed by atoms with Crippen molar-refractivity contribution in [2.45, 2.75) is 52.4 Å². The first-order valence-corrected chi connectivity index (χ1v) is 13.8. The Balaban J connectivity index is 1.55. The molecule has 218 valence electrons. The monoisotopic (exact) mass is 582 g/mol. The van der Waals surface area contributed by atoms with Crippen LogP contribution in [0.4, 0.5) is 49.1 Å². The molecule has 2 N–H and O–H groups in total. The van der Waals surface area contributed by atoms with Crippen molar-refractivity contribution in [3.8, 4) is 0 Å². The number of hydrogen-bond acceptors (Lipinski definition) is 4. The molecular formula is C32H28F6N4. The summed E-state index contributed by atoms with van der Waals surface area (Å²) in [5.74, 6) is -9.26. The molecular weight excluding hydrogens is 554 g/mol. The number of fused-ring (bicyclic) bond motifs is 2. The predicted octanol–water partition coefficient (Wildman–Crippen LogP) is 9.79. The van der Waals surface area contributed by atoms with Crippen LogP contribution in [0, 0.1) is 34.9 Å². The van der Waals surface area contributed by atoms with Crippen molar-refractivity contribution in [2.75, 3.05) is 10.6 Å². The maximum absolute atomic E-state index is 15.5. The molecule has 0 amide bonds. The number of aryl methyl sites for hydroxylation is 2. The van der Waals surface area contributed by atoms with Crippen molar-refractivity contribution in [3.63, 3.8) is 0 Å². The van der Waals surface area contributed by atoms with Gasteiger partial charge in [-0.05, 0) is 61.1 Å². The SMILES string of the molecule is CCCCc1ccc(Nc2c(F)c(F)c3nc4c(F)c(Nc5ccc(CCCC)cc5)c(F)c(F)c4nc3c2F)cc1. The summed E-state index contributed by atoms with van der Waals surface area (Å²) in [4.78, 5) is 7.34. The van der Waals surface area contributed by atoms with Crippen LogP contribution in [0.5, 0.6) is 0 Å².